The third-order valence-electron chi connectivity index (χ3n) is 4.76. The van der Waals surface area contributed by atoms with Crippen LogP contribution in [0.15, 0.2) is 29.6 Å². The molecule has 0 radical (unpaired) electrons. The van der Waals surface area contributed by atoms with Crippen LogP contribution in [0.4, 0.5) is 5.69 Å². The van der Waals surface area contributed by atoms with Gasteiger partial charge in [0.2, 0.25) is 0 Å². The van der Waals surface area contributed by atoms with E-state index in [1.165, 1.54) is 10.4 Å². The van der Waals surface area contributed by atoms with Gasteiger partial charge in [-0.2, -0.15) is 0 Å². The van der Waals surface area contributed by atoms with E-state index in [0.29, 0.717) is 23.7 Å². The highest BCUT2D eigenvalue weighted by Gasteiger charge is 2.30. The molecule has 0 bridgehead atoms. The van der Waals surface area contributed by atoms with Gasteiger partial charge in [-0.15, -0.1) is 11.3 Å². The average molecular weight is 372 g/mol. The van der Waals surface area contributed by atoms with Crippen molar-refractivity contribution >= 4 is 28.8 Å². The van der Waals surface area contributed by atoms with Crippen LogP contribution in [0.2, 0.25) is 0 Å². The maximum atomic E-state index is 12.8. The minimum atomic E-state index is -0.230. The summed E-state index contributed by atoms with van der Waals surface area (Å²) in [6.45, 7) is 2.73. The van der Waals surface area contributed by atoms with Gasteiger partial charge in [-0.1, -0.05) is 13.0 Å². The Morgan fingerprint density at radius 1 is 1.42 bits per heavy atom. The van der Waals surface area contributed by atoms with Crippen molar-refractivity contribution in [3.63, 3.8) is 0 Å². The second kappa shape index (κ2) is 6.99. The zero-order valence-electron chi connectivity index (χ0n) is 14.5. The number of fused-ring (bicyclic) bond motifs is 2. The van der Waals surface area contributed by atoms with Crippen LogP contribution in [0.5, 0.6) is 11.5 Å². The van der Waals surface area contributed by atoms with Gasteiger partial charge in [0.25, 0.3) is 11.8 Å². The van der Waals surface area contributed by atoms with E-state index in [0.717, 1.165) is 12.8 Å². The number of anilines is 1. The summed E-state index contributed by atoms with van der Waals surface area (Å²) < 4.78 is 11.1. The van der Waals surface area contributed by atoms with E-state index in [4.69, 9.17) is 9.47 Å². The maximum Gasteiger partial charge on any atom is 0.262 e. The summed E-state index contributed by atoms with van der Waals surface area (Å²) >= 11 is 1.76. The molecule has 0 saturated carbocycles. The van der Waals surface area contributed by atoms with Crippen LogP contribution in [0.3, 0.4) is 0 Å². The first kappa shape index (κ1) is 16.9. The fourth-order valence-electron chi connectivity index (χ4n) is 3.55. The molecule has 26 heavy (non-hydrogen) atoms. The summed E-state index contributed by atoms with van der Waals surface area (Å²) in [5.41, 5.74) is 1.75. The number of carbonyl (C=O) groups is 2. The standard InChI is InChI=1S/C19H20N2O4S/c1-2-13-12-7-9-26-16(12)6-8-21(13)18(23)11-25-15-5-3-4-14-19(15)20-17(22)10-24-14/h3-5,7,9,13H,2,6,8,10-11H2,1H3,(H,20,22)/t13-/m0/s1. The highest BCUT2D eigenvalue weighted by Crippen LogP contribution is 2.37. The number of rotatable bonds is 4. The van der Waals surface area contributed by atoms with Crippen LogP contribution in [-0.2, 0) is 16.0 Å². The number of ether oxygens (including phenoxy) is 2. The molecule has 0 spiro atoms. The molecule has 0 fully saturated rings. The Morgan fingerprint density at radius 2 is 2.31 bits per heavy atom. The molecular formula is C19H20N2O4S. The smallest absolute Gasteiger partial charge is 0.262 e. The number of carbonyl (C=O) groups excluding carboxylic acids is 2. The zero-order chi connectivity index (χ0) is 18.1. The van der Waals surface area contributed by atoms with Crippen molar-refractivity contribution in [2.24, 2.45) is 0 Å². The number of hydrogen-bond donors (Lipinski definition) is 1. The largest absolute Gasteiger partial charge is 0.481 e. The highest BCUT2D eigenvalue weighted by atomic mass is 32.1. The van der Waals surface area contributed by atoms with Crippen LogP contribution in [0, 0.1) is 0 Å². The third-order valence-corrected chi connectivity index (χ3v) is 5.76. The molecular weight excluding hydrogens is 352 g/mol. The fraction of sp³-hybridized carbons (Fsp3) is 0.368. The summed E-state index contributed by atoms with van der Waals surface area (Å²) in [6, 6.07) is 7.50. The molecule has 6 nitrogen and oxygen atoms in total. The van der Waals surface area contributed by atoms with Crippen molar-refractivity contribution in [3.05, 3.63) is 40.1 Å². The van der Waals surface area contributed by atoms with Gasteiger partial charge >= 0.3 is 0 Å². The van der Waals surface area contributed by atoms with Gasteiger partial charge in [-0.25, -0.2) is 0 Å². The summed E-state index contributed by atoms with van der Waals surface area (Å²) in [6.07, 6.45) is 1.76. The second-order valence-electron chi connectivity index (χ2n) is 6.32. The number of benzene rings is 1. The molecule has 4 rings (SSSR count). The van der Waals surface area contributed by atoms with Gasteiger partial charge in [0.1, 0.15) is 17.2 Å². The van der Waals surface area contributed by atoms with E-state index < -0.39 is 0 Å². The molecule has 1 aromatic heterocycles. The van der Waals surface area contributed by atoms with Crippen molar-refractivity contribution in [2.75, 3.05) is 25.1 Å². The third kappa shape index (κ3) is 3.03. The van der Waals surface area contributed by atoms with Crippen molar-refractivity contribution in [3.8, 4) is 11.5 Å². The Labute approximate surface area is 155 Å². The van der Waals surface area contributed by atoms with Crippen LogP contribution in [0.1, 0.15) is 29.8 Å². The molecule has 2 aliphatic rings. The molecule has 3 heterocycles. The van der Waals surface area contributed by atoms with Gasteiger partial charge < -0.3 is 19.7 Å². The Balaban J connectivity index is 1.47. The van der Waals surface area contributed by atoms with Gasteiger partial charge in [0.15, 0.2) is 13.2 Å². The molecule has 0 aliphatic carbocycles. The lowest BCUT2D eigenvalue weighted by Gasteiger charge is -2.35. The maximum absolute atomic E-state index is 12.8. The molecule has 136 valence electrons. The van der Waals surface area contributed by atoms with Crippen molar-refractivity contribution in [1.29, 1.82) is 0 Å². The molecule has 0 unspecified atom stereocenters. The lowest BCUT2D eigenvalue weighted by atomic mass is 9.98. The van der Waals surface area contributed by atoms with E-state index in [2.05, 4.69) is 23.7 Å². The topological polar surface area (TPSA) is 67.9 Å². The predicted molar refractivity (Wildman–Crippen MR) is 98.8 cm³/mol. The van der Waals surface area contributed by atoms with Gasteiger partial charge in [-0.05, 0) is 42.0 Å². The molecule has 2 aromatic rings. The van der Waals surface area contributed by atoms with Crippen LogP contribution < -0.4 is 14.8 Å². The first-order chi connectivity index (χ1) is 12.7. The number of para-hydroxylation sites is 1. The monoisotopic (exact) mass is 372 g/mol. The minimum absolute atomic E-state index is 0.00961. The van der Waals surface area contributed by atoms with Crippen molar-refractivity contribution in [1.82, 2.24) is 4.90 Å². The van der Waals surface area contributed by atoms with Crippen LogP contribution in [0.25, 0.3) is 0 Å². The normalized spacial score (nSPS) is 18.4. The Hall–Kier alpha value is -2.54. The van der Waals surface area contributed by atoms with Gasteiger partial charge in [0.05, 0.1) is 6.04 Å². The lowest BCUT2D eigenvalue weighted by molar-refractivity contribution is -0.136. The van der Waals surface area contributed by atoms with E-state index >= 15 is 0 Å². The van der Waals surface area contributed by atoms with Crippen molar-refractivity contribution in [2.45, 2.75) is 25.8 Å². The molecule has 2 aliphatic heterocycles. The fourth-order valence-corrected chi connectivity index (χ4v) is 4.48. The Bertz CT molecular complexity index is 848. The predicted octanol–water partition coefficient (Wildman–Crippen LogP) is 2.99. The lowest BCUT2D eigenvalue weighted by Crippen LogP contribution is -2.41. The number of nitrogens with one attached hydrogen (secondary N) is 1. The molecule has 1 aromatic carbocycles. The Morgan fingerprint density at radius 3 is 3.15 bits per heavy atom. The molecule has 1 N–H and O–H groups in total. The first-order valence-electron chi connectivity index (χ1n) is 8.71. The number of amides is 2. The van der Waals surface area contributed by atoms with E-state index in [1.54, 1.807) is 29.5 Å². The zero-order valence-corrected chi connectivity index (χ0v) is 15.3. The molecule has 1 atom stereocenters. The highest BCUT2D eigenvalue weighted by molar-refractivity contribution is 7.10. The second-order valence-corrected chi connectivity index (χ2v) is 7.32. The Kier molecular flexibility index (Phi) is 4.55. The van der Waals surface area contributed by atoms with Gasteiger partial charge in [-0.3, -0.25) is 9.59 Å². The first-order valence-corrected chi connectivity index (χ1v) is 9.59. The van der Waals surface area contributed by atoms with Crippen LogP contribution in [-0.4, -0.2) is 36.5 Å². The SMILES string of the molecule is CC[C@H]1c2ccsc2CCN1C(=O)COc1cccc2c1NC(=O)CO2. The number of thiophene rings is 1. The number of nitrogens with zero attached hydrogens (tertiary/aromatic N) is 1. The van der Waals surface area contributed by atoms with Crippen molar-refractivity contribution < 1.29 is 19.1 Å². The summed E-state index contributed by atoms with van der Waals surface area (Å²) in [5, 5.41) is 4.84. The van der Waals surface area contributed by atoms with Crippen LogP contribution >= 0.6 is 11.3 Å². The summed E-state index contributed by atoms with van der Waals surface area (Å²) in [5.74, 6) is 0.730. The van der Waals surface area contributed by atoms with E-state index in [9.17, 15) is 9.59 Å². The molecule has 2 amide bonds. The van der Waals surface area contributed by atoms with Gasteiger partial charge in [0, 0.05) is 11.4 Å². The average Bonchev–Trinajstić information content (AvgIpc) is 3.14. The number of hydrogen-bond acceptors (Lipinski definition) is 5. The molecule has 7 heteroatoms. The van der Waals surface area contributed by atoms with E-state index in [1.807, 2.05) is 4.90 Å². The van der Waals surface area contributed by atoms with E-state index in [-0.39, 0.29) is 31.1 Å². The minimum Gasteiger partial charge on any atom is -0.481 e. The molecule has 0 saturated heterocycles. The summed E-state index contributed by atoms with van der Waals surface area (Å²) in [4.78, 5) is 27.6. The summed E-state index contributed by atoms with van der Waals surface area (Å²) in [7, 11) is 0. The quantitative estimate of drug-likeness (QED) is 0.896.